The van der Waals surface area contributed by atoms with Crippen LogP contribution in [0.1, 0.15) is 29.6 Å². The van der Waals surface area contributed by atoms with Gasteiger partial charge in [0.15, 0.2) is 0 Å². The van der Waals surface area contributed by atoms with E-state index in [-0.39, 0.29) is 24.1 Å². The van der Waals surface area contributed by atoms with Gasteiger partial charge in [0.2, 0.25) is 0 Å². The molecule has 3 N–H and O–H groups in total. The minimum absolute atomic E-state index is 0. The molecule has 0 atom stereocenters. The van der Waals surface area contributed by atoms with Gasteiger partial charge in [-0.3, -0.25) is 4.79 Å². The van der Waals surface area contributed by atoms with Crippen molar-refractivity contribution in [1.82, 2.24) is 5.32 Å². The summed E-state index contributed by atoms with van der Waals surface area (Å²) < 4.78 is 12.6. The first-order valence-corrected chi connectivity index (χ1v) is 5.48. The highest BCUT2D eigenvalue weighted by Crippen LogP contribution is 2.02. The van der Waals surface area contributed by atoms with Gasteiger partial charge in [0.05, 0.1) is 0 Å². The summed E-state index contributed by atoms with van der Waals surface area (Å²) in [6, 6.07) is 5.52. The molecule has 0 aromatic heterocycles. The quantitative estimate of drug-likeness (QED) is 0.770. The van der Waals surface area contributed by atoms with E-state index in [4.69, 9.17) is 5.73 Å². The summed E-state index contributed by atoms with van der Waals surface area (Å²) in [5.41, 5.74) is 5.84. The number of unbranched alkanes of at least 4 members (excludes halogenated alkanes) is 2. The predicted octanol–water partition coefficient (Wildman–Crippen LogP) is 2.11. The van der Waals surface area contributed by atoms with Crippen molar-refractivity contribution in [2.45, 2.75) is 19.3 Å². The van der Waals surface area contributed by atoms with Gasteiger partial charge in [0.1, 0.15) is 5.82 Å². The zero-order chi connectivity index (χ0) is 11.8. The molecule has 0 fully saturated rings. The number of nitrogens with two attached hydrogens (primary N) is 1. The van der Waals surface area contributed by atoms with Crippen molar-refractivity contribution < 1.29 is 9.18 Å². The number of rotatable bonds is 6. The second-order valence-corrected chi connectivity index (χ2v) is 3.61. The minimum atomic E-state index is -0.334. The van der Waals surface area contributed by atoms with Gasteiger partial charge in [-0.15, -0.1) is 12.4 Å². The van der Waals surface area contributed by atoms with E-state index in [1.54, 1.807) is 0 Å². The van der Waals surface area contributed by atoms with Gasteiger partial charge in [0.25, 0.3) is 5.91 Å². The molecule has 0 saturated heterocycles. The fourth-order valence-corrected chi connectivity index (χ4v) is 1.35. The lowest BCUT2D eigenvalue weighted by Crippen LogP contribution is -2.24. The molecular formula is C12H18ClFN2O. The third-order valence-electron chi connectivity index (χ3n) is 2.27. The number of hydrogen-bond acceptors (Lipinski definition) is 2. The number of halogens is 2. The van der Waals surface area contributed by atoms with Gasteiger partial charge in [-0.25, -0.2) is 4.39 Å². The molecule has 0 aliphatic heterocycles. The Morgan fingerprint density at radius 2 is 1.82 bits per heavy atom. The third kappa shape index (κ3) is 6.24. The van der Waals surface area contributed by atoms with Gasteiger partial charge in [-0.05, 0) is 43.7 Å². The van der Waals surface area contributed by atoms with Crippen LogP contribution < -0.4 is 11.1 Å². The van der Waals surface area contributed by atoms with E-state index in [9.17, 15) is 9.18 Å². The SMILES string of the molecule is Cl.NCCCCCNC(=O)c1ccc(F)cc1. The minimum Gasteiger partial charge on any atom is -0.352 e. The molecule has 0 spiro atoms. The molecule has 0 unspecified atom stereocenters. The molecule has 0 radical (unpaired) electrons. The molecular weight excluding hydrogens is 243 g/mol. The Morgan fingerprint density at radius 1 is 1.18 bits per heavy atom. The predicted molar refractivity (Wildman–Crippen MR) is 68.9 cm³/mol. The average Bonchev–Trinajstić information content (AvgIpc) is 2.29. The fraction of sp³-hybridized carbons (Fsp3) is 0.417. The van der Waals surface area contributed by atoms with Crippen LogP contribution >= 0.6 is 12.4 Å². The molecule has 96 valence electrons. The monoisotopic (exact) mass is 260 g/mol. The van der Waals surface area contributed by atoms with Gasteiger partial charge >= 0.3 is 0 Å². The summed E-state index contributed by atoms with van der Waals surface area (Å²) in [5, 5.41) is 2.78. The van der Waals surface area contributed by atoms with E-state index in [2.05, 4.69) is 5.32 Å². The highest BCUT2D eigenvalue weighted by atomic mass is 35.5. The van der Waals surface area contributed by atoms with Gasteiger partial charge in [0, 0.05) is 12.1 Å². The zero-order valence-electron chi connectivity index (χ0n) is 9.62. The van der Waals surface area contributed by atoms with E-state index < -0.39 is 0 Å². The van der Waals surface area contributed by atoms with Crippen molar-refractivity contribution in [3.05, 3.63) is 35.6 Å². The Balaban J connectivity index is 0.00000256. The average molecular weight is 261 g/mol. The van der Waals surface area contributed by atoms with Crippen molar-refractivity contribution in [1.29, 1.82) is 0 Å². The Bertz CT molecular complexity index is 330. The number of hydrogen-bond donors (Lipinski definition) is 2. The maximum atomic E-state index is 12.6. The Kier molecular flexibility index (Phi) is 8.36. The number of carbonyl (C=O) groups excluding carboxylic acids is 1. The van der Waals surface area contributed by atoms with E-state index in [0.717, 1.165) is 19.3 Å². The summed E-state index contributed by atoms with van der Waals surface area (Å²) in [7, 11) is 0. The molecule has 1 amide bonds. The van der Waals surface area contributed by atoms with Crippen LogP contribution in [0.3, 0.4) is 0 Å². The first kappa shape index (κ1) is 15.9. The summed E-state index contributed by atoms with van der Waals surface area (Å²) in [4.78, 5) is 11.5. The lowest BCUT2D eigenvalue weighted by Gasteiger charge is -2.04. The number of carbonyl (C=O) groups is 1. The van der Waals surface area contributed by atoms with Crippen molar-refractivity contribution in [2.24, 2.45) is 5.73 Å². The van der Waals surface area contributed by atoms with Crippen LogP contribution in [0.2, 0.25) is 0 Å². The van der Waals surface area contributed by atoms with Crippen LogP contribution in [0, 0.1) is 5.82 Å². The number of benzene rings is 1. The molecule has 3 nitrogen and oxygen atoms in total. The van der Waals surface area contributed by atoms with Crippen molar-refractivity contribution in [3.63, 3.8) is 0 Å². The van der Waals surface area contributed by atoms with Gasteiger partial charge in [-0.1, -0.05) is 6.42 Å². The maximum Gasteiger partial charge on any atom is 0.251 e. The van der Waals surface area contributed by atoms with Crippen LogP contribution in [-0.4, -0.2) is 19.0 Å². The van der Waals surface area contributed by atoms with E-state index in [1.807, 2.05) is 0 Å². The molecule has 0 bridgehead atoms. The van der Waals surface area contributed by atoms with E-state index >= 15 is 0 Å². The smallest absolute Gasteiger partial charge is 0.251 e. The first-order valence-electron chi connectivity index (χ1n) is 5.48. The summed E-state index contributed by atoms with van der Waals surface area (Å²) in [6.07, 6.45) is 2.91. The molecule has 0 aliphatic rings. The number of amides is 1. The molecule has 17 heavy (non-hydrogen) atoms. The van der Waals surface area contributed by atoms with Crippen molar-refractivity contribution >= 4 is 18.3 Å². The second-order valence-electron chi connectivity index (χ2n) is 3.61. The standard InChI is InChI=1S/C12H17FN2O.ClH/c13-11-6-4-10(5-7-11)12(16)15-9-3-1-2-8-14;/h4-7H,1-3,8-9,14H2,(H,15,16);1H. The lowest BCUT2D eigenvalue weighted by molar-refractivity contribution is 0.0953. The Labute approximate surface area is 107 Å². The molecule has 0 saturated carbocycles. The van der Waals surface area contributed by atoms with E-state index in [0.29, 0.717) is 18.7 Å². The second kappa shape index (κ2) is 8.96. The van der Waals surface area contributed by atoms with Gasteiger partial charge < -0.3 is 11.1 Å². The molecule has 1 aromatic carbocycles. The van der Waals surface area contributed by atoms with E-state index in [1.165, 1.54) is 24.3 Å². The third-order valence-corrected chi connectivity index (χ3v) is 2.27. The molecule has 1 aromatic rings. The van der Waals surface area contributed by atoms with Crippen molar-refractivity contribution in [3.8, 4) is 0 Å². The highest BCUT2D eigenvalue weighted by Gasteiger charge is 2.03. The molecule has 0 aliphatic carbocycles. The lowest BCUT2D eigenvalue weighted by atomic mass is 10.2. The van der Waals surface area contributed by atoms with Crippen LogP contribution in [-0.2, 0) is 0 Å². The topological polar surface area (TPSA) is 55.1 Å². The maximum absolute atomic E-state index is 12.6. The summed E-state index contributed by atoms with van der Waals surface area (Å²) in [5.74, 6) is -0.493. The summed E-state index contributed by atoms with van der Waals surface area (Å²) in [6.45, 7) is 1.32. The van der Waals surface area contributed by atoms with Gasteiger partial charge in [-0.2, -0.15) is 0 Å². The normalized spacial score (nSPS) is 9.53. The molecule has 5 heteroatoms. The summed E-state index contributed by atoms with van der Waals surface area (Å²) >= 11 is 0. The Hall–Kier alpha value is -1.13. The highest BCUT2D eigenvalue weighted by molar-refractivity contribution is 5.94. The largest absolute Gasteiger partial charge is 0.352 e. The Morgan fingerprint density at radius 3 is 2.41 bits per heavy atom. The molecule has 1 rings (SSSR count). The van der Waals surface area contributed by atoms with Crippen LogP contribution in [0.5, 0.6) is 0 Å². The zero-order valence-corrected chi connectivity index (χ0v) is 10.4. The van der Waals surface area contributed by atoms with Crippen LogP contribution in [0.25, 0.3) is 0 Å². The number of nitrogens with one attached hydrogen (secondary N) is 1. The van der Waals surface area contributed by atoms with Crippen LogP contribution in [0.15, 0.2) is 24.3 Å². The first-order chi connectivity index (χ1) is 7.74. The molecule has 0 heterocycles. The van der Waals surface area contributed by atoms with Crippen LogP contribution in [0.4, 0.5) is 4.39 Å². The van der Waals surface area contributed by atoms with Crippen molar-refractivity contribution in [2.75, 3.05) is 13.1 Å². The fourth-order valence-electron chi connectivity index (χ4n) is 1.35.